The number of carbonyl (C=O) groups is 2. The second-order valence-corrected chi connectivity index (χ2v) is 6.24. The zero-order chi connectivity index (χ0) is 17.3. The van der Waals surface area contributed by atoms with E-state index in [0.717, 1.165) is 15.9 Å². The molecule has 2 aromatic heterocycles. The molecule has 3 aromatic rings. The van der Waals surface area contributed by atoms with Gasteiger partial charge in [-0.1, -0.05) is 23.5 Å². The number of benzene rings is 1. The summed E-state index contributed by atoms with van der Waals surface area (Å²) in [4.78, 5) is 28.7. The summed E-state index contributed by atoms with van der Waals surface area (Å²) in [6, 6.07) is 9.25. The van der Waals surface area contributed by atoms with Crippen LogP contribution in [0.4, 0.5) is 0 Å². The van der Waals surface area contributed by atoms with Gasteiger partial charge in [0.05, 0.1) is 17.3 Å². The molecule has 8 heteroatoms. The van der Waals surface area contributed by atoms with E-state index in [0.29, 0.717) is 4.80 Å². The Labute approximate surface area is 141 Å². The summed E-state index contributed by atoms with van der Waals surface area (Å²) in [6.45, 7) is 1.86. The summed E-state index contributed by atoms with van der Waals surface area (Å²) in [5.74, 6) is -0.843. The lowest BCUT2D eigenvalue weighted by molar-refractivity contribution is -0.141. The van der Waals surface area contributed by atoms with Crippen molar-refractivity contribution in [1.82, 2.24) is 14.3 Å². The topological polar surface area (TPSA) is 78.5 Å². The van der Waals surface area contributed by atoms with Crippen LogP contribution in [0.25, 0.3) is 10.2 Å². The fourth-order valence-electron chi connectivity index (χ4n) is 2.26. The van der Waals surface area contributed by atoms with Gasteiger partial charge < -0.3 is 9.30 Å². The molecule has 0 aliphatic heterocycles. The number of thiazole rings is 1. The van der Waals surface area contributed by atoms with Crippen molar-refractivity contribution in [2.45, 2.75) is 13.5 Å². The lowest BCUT2D eigenvalue weighted by Gasteiger charge is -2.03. The van der Waals surface area contributed by atoms with Crippen LogP contribution in [-0.4, -0.2) is 33.3 Å². The first-order valence-electron chi connectivity index (χ1n) is 7.24. The number of nitrogens with zero attached hydrogens (tertiary/aromatic N) is 4. The molecule has 1 aromatic carbocycles. The second-order valence-electron chi connectivity index (χ2n) is 5.23. The molecular formula is C16H16N4O3S. The summed E-state index contributed by atoms with van der Waals surface area (Å²) in [5.41, 5.74) is 1.97. The number of hydrogen-bond acceptors (Lipinski definition) is 5. The van der Waals surface area contributed by atoms with Crippen LogP contribution in [0.15, 0.2) is 35.3 Å². The van der Waals surface area contributed by atoms with Crippen molar-refractivity contribution in [3.05, 3.63) is 46.5 Å². The largest absolute Gasteiger partial charge is 0.468 e. The number of carbonyl (C=O) groups excluding carboxylic acids is 2. The van der Waals surface area contributed by atoms with Crippen molar-refractivity contribution in [2.24, 2.45) is 12.0 Å². The predicted molar refractivity (Wildman–Crippen MR) is 89.7 cm³/mol. The Kier molecular flexibility index (Phi) is 4.30. The zero-order valence-corrected chi connectivity index (χ0v) is 14.3. The van der Waals surface area contributed by atoms with Crippen molar-refractivity contribution in [2.75, 3.05) is 7.11 Å². The normalized spacial score (nSPS) is 11.9. The van der Waals surface area contributed by atoms with Crippen LogP contribution >= 0.6 is 11.3 Å². The maximum atomic E-state index is 12.4. The van der Waals surface area contributed by atoms with Gasteiger partial charge in [0.1, 0.15) is 6.54 Å². The van der Waals surface area contributed by atoms with Crippen molar-refractivity contribution < 1.29 is 14.3 Å². The predicted octanol–water partition coefficient (Wildman–Crippen LogP) is 1.66. The lowest BCUT2D eigenvalue weighted by atomic mass is 10.3. The molecule has 1 amide bonds. The Morgan fingerprint density at radius 2 is 2.08 bits per heavy atom. The highest BCUT2D eigenvalue weighted by Crippen LogP contribution is 2.17. The van der Waals surface area contributed by atoms with E-state index >= 15 is 0 Å². The van der Waals surface area contributed by atoms with E-state index in [-0.39, 0.29) is 12.2 Å². The molecule has 0 spiro atoms. The minimum absolute atomic E-state index is 0.00608. The number of para-hydroxylation sites is 1. The smallest absolute Gasteiger partial charge is 0.325 e. The van der Waals surface area contributed by atoms with Crippen LogP contribution < -0.4 is 4.80 Å². The molecule has 24 heavy (non-hydrogen) atoms. The number of ether oxygens (including phenoxy) is 1. The Hall–Kier alpha value is -2.74. The van der Waals surface area contributed by atoms with Gasteiger partial charge in [0.15, 0.2) is 10.5 Å². The molecule has 0 N–H and O–H groups in total. The molecule has 124 valence electrons. The van der Waals surface area contributed by atoms with Crippen molar-refractivity contribution >= 4 is 33.4 Å². The first-order valence-corrected chi connectivity index (χ1v) is 8.06. The number of rotatable bonds is 3. The van der Waals surface area contributed by atoms with Crippen molar-refractivity contribution in [1.29, 1.82) is 0 Å². The summed E-state index contributed by atoms with van der Waals surface area (Å²) in [6.07, 6.45) is 0. The van der Waals surface area contributed by atoms with Gasteiger partial charge in [-0.3, -0.25) is 14.3 Å². The highest BCUT2D eigenvalue weighted by molar-refractivity contribution is 7.16. The van der Waals surface area contributed by atoms with Crippen LogP contribution in [0, 0.1) is 6.92 Å². The number of hydrogen-bond donors (Lipinski definition) is 0. The molecule has 0 bridgehead atoms. The van der Waals surface area contributed by atoms with E-state index in [1.165, 1.54) is 18.4 Å². The highest BCUT2D eigenvalue weighted by Gasteiger charge is 2.14. The zero-order valence-electron chi connectivity index (χ0n) is 13.5. The maximum absolute atomic E-state index is 12.4. The lowest BCUT2D eigenvalue weighted by Crippen LogP contribution is -2.22. The fraction of sp³-hybridized carbons (Fsp3) is 0.250. The Bertz CT molecular complexity index is 977. The Morgan fingerprint density at radius 1 is 1.33 bits per heavy atom. The third-order valence-corrected chi connectivity index (χ3v) is 4.69. The fourth-order valence-corrected chi connectivity index (χ4v) is 3.29. The van der Waals surface area contributed by atoms with Crippen LogP contribution in [0.2, 0.25) is 0 Å². The molecule has 0 unspecified atom stereocenters. The van der Waals surface area contributed by atoms with Gasteiger partial charge >= 0.3 is 5.97 Å². The van der Waals surface area contributed by atoms with E-state index in [1.54, 1.807) is 22.4 Å². The van der Waals surface area contributed by atoms with Gasteiger partial charge in [0.2, 0.25) is 0 Å². The Morgan fingerprint density at radius 3 is 2.75 bits per heavy atom. The third-order valence-electron chi connectivity index (χ3n) is 3.63. The molecule has 0 aliphatic rings. The molecule has 0 fully saturated rings. The molecule has 0 saturated carbocycles. The van der Waals surface area contributed by atoms with E-state index in [9.17, 15) is 9.59 Å². The molecule has 0 aliphatic carbocycles. The van der Waals surface area contributed by atoms with Gasteiger partial charge in [-0.15, -0.1) is 0 Å². The summed E-state index contributed by atoms with van der Waals surface area (Å²) < 4.78 is 8.98. The average Bonchev–Trinajstić information content (AvgIpc) is 3.08. The van der Waals surface area contributed by atoms with Crippen LogP contribution in [-0.2, 0) is 23.1 Å². The third kappa shape index (κ3) is 3.00. The number of fused-ring (bicyclic) bond motifs is 1. The monoisotopic (exact) mass is 344 g/mol. The maximum Gasteiger partial charge on any atom is 0.325 e. The summed E-state index contributed by atoms with van der Waals surface area (Å²) >= 11 is 1.34. The number of amides is 1. The van der Waals surface area contributed by atoms with Gasteiger partial charge in [-0.2, -0.15) is 10.1 Å². The molecule has 0 saturated heterocycles. The van der Waals surface area contributed by atoms with Crippen LogP contribution in [0.5, 0.6) is 0 Å². The summed E-state index contributed by atoms with van der Waals surface area (Å²) in [7, 11) is 3.10. The van der Waals surface area contributed by atoms with E-state index in [4.69, 9.17) is 4.74 Å². The van der Waals surface area contributed by atoms with Gasteiger partial charge in [-0.25, -0.2) is 0 Å². The quantitative estimate of drug-likeness (QED) is 0.677. The molecule has 3 rings (SSSR count). The number of methoxy groups -OCH3 is 1. The average molecular weight is 344 g/mol. The second kappa shape index (κ2) is 6.40. The highest BCUT2D eigenvalue weighted by atomic mass is 32.1. The Balaban J connectivity index is 2.11. The van der Waals surface area contributed by atoms with Crippen LogP contribution in [0.3, 0.4) is 0 Å². The molecule has 2 heterocycles. The van der Waals surface area contributed by atoms with E-state index in [1.807, 2.05) is 31.2 Å². The van der Waals surface area contributed by atoms with Crippen LogP contribution in [0.1, 0.15) is 16.2 Å². The van der Waals surface area contributed by atoms with Crippen molar-refractivity contribution in [3.8, 4) is 0 Å². The standard InChI is InChI=1S/C16H16N4O3S/c1-10-8-11(18-19(10)2)15(22)17-16-20(9-14(21)23-3)12-6-4-5-7-13(12)24-16/h4-8H,9H2,1-3H3. The van der Waals surface area contributed by atoms with Gasteiger partial charge in [-0.05, 0) is 25.1 Å². The number of esters is 1. The molecule has 7 nitrogen and oxygen atoms in total. The molecular weight excluding hydrogens is 328 g/mol. The molecule has 0 radical (unpaired) electrons. The van der Waals surface area contributed by atoms with E-state index < -0.39 is 11.9 Å². The van der Waals surface area contributed by atoms with Crippen molar-refractivity contribution in [3.63, 3.8) is 0 Å². The SMILES string of the molecule is COC(=O)Cn1c(=NC(=O)c2cc(C)n(C)n2)sc2ccccc21. The van der Waals surface area contributed by atoms with Gasteiger partial charge in [0.25, 0.3) is 5.91 Å². The molecule has 0 atom stereocenters. The van der Waals surface area contributed by atoms with Gasteiger partial charge in [0, 0.05) is 12.7 Å². The minimum Gasteiger partial charge on any atom is -0.468 e. The number of aromatic nitrogens is 3. The first kappa shape index (κ1) is 16.1. The van der Waals surface area contributed by atoms with E-state index in [2.05, 4.69) is 10.1 Å². The summed E-state index contributed by atoms with van der Waals surface area (Å²) in [5, 5.41) is 4.14. The minimum atomic E-state index is -0.441. The first-order chi connectivity index (χ1) is 11.5. The number of aryl methyl sites for hydroxylation is 2.